The summed E-state index contributed by atoms with van der Waals surface area (Å²) in [4.78, 5) is 4.78. The maximum atomic E-state index is 11.2. The molecule has 0 fully saturated rings. The van der Waals surface area contributed by atoms with Gasteiger partial charge >= 0.3 is 0 Å². The number of fused-ring (bicyclic) bond motifs is 2. The van der Waals surface area contributed by atoms with Crippen molar-refractivity contribution in [1.82, 2.24) is 9.55 Å². The van der Waals surface area contributed by atoms with Crippen LogP contribution in [0.25, 0.3) is 38.8 Å². The Morgan fingerprint density at radius 2 is 1.52 bits per heavy atom. The van der Waals surface area contributed by atoms with Crippen molar-refractivity contribution in [3.63, 3.8) is 0 Å². The summed E-state index contributed by atoms with van der Waals surface area (Å²) in [5, 5.41) is 13.2. The first-order valence-electron chi connectivity index (χ1n) is 8.77. The molecule has 130 valence electrons. The van der Waals surface area contributed by atoms with Gasteiger partial charge in [-0.05, 0) is 42.5 Å². The third-order valence-corrected chi connectivity index (χ3v) is 4.86. The van der Waals surface area contributed by atoms with Crippen molar-refractivity contribution in [2.24, 2.45) is 0 Å². The van der Waals surface area contributed by atoms with Crippen molar-refractivity contribution in [2.45, 2.75) is 0 Å². The smallest absolute Gasteiger partial charge is 0.206 e. The molecule has 0 radical (unpaired) electrons. The summed E-state index contributed by atoms with van der Waals surface area (Å²) in [6, 6.07) is 27.4. The molecule has 5 aromatic rings. The van der Waals surface area contributed by atoms with Gasteiger partial charge in [0, 0.05) is 22.1 Å². The third kappa shape index (κ3) is 2.42. The molecule has 0 aliphatic heterocycles. The molecule has 0 aliphatic rings. The van der Waals surface area contributed by atoms with Crippen molar-refractivity contribution in [3.05, 3.63) is 84.9 Å². The van der Waals surface area contributed by atoms with Gasteiger partial charge in [-0.2, -0.15) is 0 Å². The Labute approximate surface area is 156 Å². The van der Waals surface area contributed by atoms with Crippen LogP contribution in [0.4, 0.5) is 5.69 Å². The highest BCUT2D eigenvalue weighted by Gasteiger charge is 2.20. The number of nitrogens with two attached hydrogens (primary N) is 1. The Bertz CT molecular complexity index is 1290. The predicted molar refractivity (Wildman–Crippen MR) is 110 cm³/mol. The summed E-state index contributed by atoms with van der Waals surface area (Å²) < 4.78 is 1.83. The number of aromatic nitrogens is 2. The Morgan fingerprint density at radius 1 is 0.778 bits per heavy atom. The normalized spacial score (nSPS) is 11.3. The monoisotopic (exact) mass is 351 g/mol. The van der Waals surface area contributed by atoms with Gasteiger partial charge in [0.15, 0.2) is 0 Å². The van der Waals surface area contributed by atoms with Gasteiger partial charge in [0.25, 0.3) is 0 Å². The van der Waals surface area contributed by atoms with E-state index in [0.29, 0.717) is 5.69 Å². The molecule has 4 heteroatoms. The molecule has 2 aromatic heterocycles. The molecule has 0 aliphatic carbocycles. The number of anilines is 1. The van der Waals surface area contributed by atoms with Crippen molar-refractivity contribution in [2.75, 3.05) is 5.73 Å². The van der Waals surface area contributed by atoms with Crippen molar-refractivity contribution in [1.29, 1.82) is 0 Å². The Hall–Kier alpha value is -3.79. The predicted octanol–water partition coefficient (Wildman–Crippen LogP) is 5.13. The van der Waals surface area contributed by atoms with E-state index in [4.69, 9.17) is 10.7 Å². The molecule has 0 unspecified atom stereocenters. The zero-order valence-electron chi connectivity index (χ0n) is 14.5. The molecule has 0 spiro atoms. The van der Waals surface area contributed by atoms with E-state index in [0.717, 1.165) is 38.8 Å². The number of rotatable bonds is 2. The third-order valence-electron chi connectivity index (χ3n) is 4.86. The van der Waals surface area contributed by atoms with Gasteiger partial charge in [0.1, 0.15) is 0 Å². The number of nitrogen functional groups attached to an aromatic ring is 1. The molecule has 3 N–H and O–H groups in total. The number of aromatic hydroxyl groups is 1. The lowest BCUT2D eigenvalue weighted by Gasteiger charge is -2.08. The van der Waals surface area contributed by atoms with Crippen LogP contribution < -0.4 is 5.73 Å². The number of nitrogens with zero attached hydrogens (tertiary/aromatic N) is 2. The van der Waals surface area contributed by atoms with Gasteiger partial charge in [-0.1, -0.05) is 42.5 Å². The summed E-state index contributed by atoms with van der Waals surface area (Å²) in [6.07, 6.45) is 0. The van der Waals surface area contributed by atoms with Crippen LogP contribution in [-0.4, -0.2) is 14.7 Å². The first-order valence-corrected chi connectivity index (χ1v) is 8.77. The van der Waals surface area contributed by atoms with Crippen LogP contribution in [0.1, 0.15) is 0 Å². The van der Waals surface area contributed by atoms with Crippen LogP contribution in [0.2, 0.25) is 0 Å². The second-order valence-corrected chi connectivity index (χ2v) is 6.53. The summed E-state index contributed by atoms with van der Waals surface area (Å²) >= 11 is 0. The van der Waals surface area contributed by atoms with Gasteiger partial charge in [-0.15, -0.1) is 0 Å². The van der Waals surface area contributed by atoms with Crippen molar-refractivity contribution in [3.8, 4) is 22.8 Å². The maximum absolute atomic E-state index is 11.2. The molecule has 0 atom stereocenters. The first kappa shape index (κ1) is 15.5. The molecule has 27 heavy (non-hydrogen) atoms. The van der Waals surface area contributed by atoms with Crippen LogP contribution in [0, 0.1) is 0 Å². The zero-order valence-corrected chi connectivity index (χ0v) is 14.5. The minimum Gasteiger partial charge on any atom is -0.494 e. The highest BCUT2D eigenvalue weighted by molar-refractivity contribution is 6.00. The zero-order chi connectivity index (χ0) is 18.4. The van der Waals surface area contributed by atoms with E-state index in [-0.39, 0.29) is 5.88 Å². The average molecular weight is 351 g/mol. The van der Waals surface area contributed by atoms with Crippen LogP contribution in [-0.2, 0) is 0 Å². The van der Waals surface area contributed by atoms with E-state index in [9.17, 15) is 5.11 Å². The van der Waals surface area contributed by atoms with E-state index in [1.807, 2.05) is 89.5 Å². The molecule has 0 saturated heterocycles. The van der Waals surface area contributed by atoms with Crippen LogP contribution in [0.3, 0.4) is 0 Å². The maximum Gasteiger partial charge on any atom is 0.206 e. The summed E-state index contributed by atoms with van der Waals surface area (Å²) in [5.74, 6) is 0.170. The number of benzene rings is 3. The molecular formula is C23H17N3O. The Balaban J connectivity index is 1.82. The fourth-order valence-electron chi connectivity index (χ4n) is 3.57. The topological polar surface area (TPSA) is 64.1 Å². The molecule has 0 bridgehead atoms. The van der Waals surface area contributed by atoms with E-state index in [1.54, 1.807) is 0 Å². The summed E-state index contributed by atoms with van der Waals surface area (Å²) in [7, 11) is 0. The highest BCUT2D eigenvalue weighted by Crippen LogP contribution is 2.41. The summed E-state index contributed by atoms with van der Waals surface area (Å²) in [6.45, 7) is 0. The van der Waals surface area contributed by atoms with Gasteiger partial charge in [0.05, 0.1) is 22.3 Å². The van der Waals surface area contributed by atoms with E-state index < -0.39 is 0 Å². The Morgan fingerprint density at radius 3 is 2.37 bits per heavy atom. The lowest BCUT2D eigenvalue weighted by molar-refractivity contribution is 0.447. The minimum absolute atomic E-state index is 0.170. The van der Waals surface area contributed by atoms with Crippen LogP contribution in [0.5, 0.6) is 5.88 Å². The SMILES string of the molecule is Nc1ccc(-n2c(O)c(-c3ccc4ccccc4n3)c3ccccc32)cc1. The lowest BCUT2D eigenvalue weighted by Crippen LogP contribution is -1.94. The number of hydrogen-bond donors (Lipinski definition) is 2. The van der Waals surface area contributed by atoms with E-state index >= 15 is 0 Å². The second kappa shape index (κ2) is 5.88. The molecule has 3 aromatic carbocycles. The Kier molecular flexibility index (Phi) is 3.37. The van der Waals surface area contributed by atoms with Crippen LogP contribution >= 0.6 is 0 Å². The molecule has 4 nitrogen and oxygen atoms in total. The minimum atomic E-state index is 0.170. The van der Waals surface area contributed by atoms with E-state index in [1.165, 1.54) is 0 Å². The second-order valence-electron chi connectivity index (χ2n) is 6.53. The van der Waals surface area contributed by atoms with Gasteiger partial charge in [0.2, 0.25) is 5.88 Å². The molecular weight excluding hydrogens is 334 g/mol. The van der Waals surface area contributed by atoms with Gasteiger partial charge < -0.3 is 10.8 Å². The van der Waals surface area contributed by atoms with Crippen molar-refractivity contribution >= 4 is 27.5 Å². The molecule has 0 amide bonds. The fraction of sp³-hybridized carbons (Fsp3) is 0. The molecule has 0 saturated carbocycles. The molecule has 2 heterocycles. The largest absolute Gasteiger partial charge is 0.494 e. The summed E-state index contributed by atoms with van der Waals surface area (Å²) in [5.41, 5.74) is 10.7. The van der Waals surface area contributed by atoms with Gasteiger partial charge in [-0.25, -0.2) is 4.98 Å². The quantitative estimate of drug-likeness (QED) is 0.433. The number of para-hydroxylation sites is 2. The van der Waals surface area contributed by atoms with E-state index in [2.05, 4.69) is 0 Å². The van der Waals surface area contributed by atoms with Crippen molar-refractivity contribution < 1.29 is 5.11 Å². The number of pyridine rings is 1. The lowest BCUT2D eigenvalue weighted by atomic mass is 10.1. The fourth-order valence-corrected chi connectivity index (χ4v) is 3.57. The average Bonchev–Trinajstić information content (AvgIpc) is 3.00. The first-order chi connectivity index (χ1) is 13.2. The standard InChI is InChI=1S/C23H17N3O/c24-16-10-12-17(13-11-16)26-21-8-4-2-6-18(21)22(23(26)27)20-14-9-15-5-1-3-7-19(15)25-20/h1-14,27H,24H2. The van der Waals surface area contributed by atoms with Crippen LogP contribution in [0.15, 0.2) is 84.9 Å². The molecule has 5 rings (SSSR count). The number of hydrogen-bond acceptors (Lipinski definition) is 3. The highest BCUT2D eigenvalue weighted by atomic mass is 16.3. The van der Waals surface area contributed by atoms with Gasteiger partial charge in [-0.3, -0.25) is 4.57 Å².